The number of thioether (sulfide) groups is 2. The molecule has 0 N–H and O–H groups in total. The molecule has 4 heteroatoms. The predicted molar refractivity (Wildman–Crippen MR) is 72.8 cm³/mol. The van der Waals surface area contributed by atoms with Gasteiger partial charge in [0.1, 0.15) is 5.03 Å². The molecule has 1 atom stereocenters. The van der Waals surface area contributed by atoms with E-state index in [2.05, 4.69) is 11.9 Å². The molecule has 0 saturated carbocycles. The van der Waals surface area contributed by atoms with E-state index in [9.17, 15) is 0 Å². The third-order valence-electron chi connectivity index (χ3n) is 2.49. The molecular weight excluding hydrogens is 242 g/mol. The van der Waals surface area contributed by atoms with E-state index < -0.39 is 0 Å². The first-order chi connectivity index (χ1) is 7.21. The lowest BCUT2D eigenvalue weighted by molar-refractivity contribution is 0.769. The Labute approximate surface area is 104 Å². The fraction of sp³-hybridized carbons (Fsp3) is 0.455. The molecular formula is C11H13NS3. The van der Waals surface area contributed by atoms with E-state index in [0.717, 1.165) is 9.22 Å². The smallest absolute Gasteiger partial charge is 0.101 e. The molecule has 0 spiro atoms. The van der Waals surface area contributed by atoms with Gasteiger partial charge in [0, 0.05) is 6.20 Å². The molecule has 1 aromatic heterocycles. The zero-order valence-corrected chi connectivity index (χ0v) is 11.1. The van der Waals surface area contributed by atoms with E-state index in [1.54, 1.807) is 11.8 Å². The Morgan fingerprint density at radius 3 is 3.07 bits per heavy atom. The Bertz CT molecular complexity index is 344. The first kappa shape index (κ1) is 11.4. The Kier molecular flexibility index (Phi) is 3.69. The van der Waals surface area contributed by atoms with Gasteiger partial charge in [0.05, 0.1) is 8.94 Å². The molecule has 1 aliphatic heterocycles. The van der Waals surface area contributed by atoms with E-state index >= 15 is 0 Å². The number of nitrogens with zero attached hydrogens (tertiary/aromatic N) is 1. The van der Waals surface area contributed by atoms with Gasteiger partial charge >= 0.3 is 0 Å². The summed E-state index contributed by atoms with van der Waals surface area (Å²) < 4.78 is 1.25. The molecule has 1 saturated heterocycles. The van der Waals surface area contributed by atoms with Gasteiger partial charge in [0.25, 0.3) is 0 Å². The van der Waals surface area contributed by atoms with Crippen molar-refractivity contribution in [3.63, 3.8) is 0 Å². The van der Waals surface area contributed by atoms with Crippen molar-refractivity contribution in [2.75, 3.05) is 5.75 Å². The van der Waals surface area contributed by atoms with Crippen LogP contribution < -0.4 is 0 Å². The first-order valence-electron chi connectivity index (χ1n) is 4.98. The highest BCUT2D eigenvalue weighted by Gasteiger charge is 2.34. The van der Waals surface area contributed by atoms with Crippen molar-refractivity contribution in [3.8, 4) is 0 Å². The van der Waals surface area contributed by atoms with Gasteiger partial charge in [-0.2, -0.15) is 0 Å². The highest BCUT2D eigenvalue weighted by Crippen LogP contribution is 2.43. The minimum Gasteiger partial charge on any atom is -0.250 e. The third-order valence-corrected chi connectivity index (χ3v) is 6.07. The predicted octanol–water partition coefficient (Wildman–Crippen LogP) is 3.79. The number of thiocarbonyl (C=S) groups is 1. The summed E-state index contributed by atoms with van der Waals surface area (Å²) in [6, 6.07) is 5.95. The van der Waals surface area contributed by atoms with Crippen LogP contribution in [-0.2, 0) is 0 Å². The standard InChI is InChI=1S/C11H13NS3/c1-11(6-4-8-14-11)10(13)15-9-5-2-3-7-12-9/h2-3,5,7H,4,6,8H2,1H3. The Hall–Kier alpha value is -0.0600. The molecule has 2 heterocycles. The van der Waals surface area contributed by atoms with E-state index in [-0.39, 0.29) is 4.75 Å². The summed E-state index contributed by atoms with van der Waals surface area (Å²) >= 11 is 9.13. The van der Waals surface area contributed by atoms with Crippen LogP contribution in [0.15, 0.2) is 29.4 Å². The summed E-state index contributed by atoms with van der Waals surface area (Å²) in [6.07, 6.45) is 4.30. The van der Waals surface area contributed by atoms with Crippen molar-refractivity contribution >= 4 is 39.9 Å². The van der Waals surface area contributed by atoms with E-state index in [0.29, 0.717) is 0 Å². The van der Waals surface area contributed by atoms with Gasteiger partial charge in [0.2, 0.25) is 0 Å². The second-order valence-corrected chi connectivity index (χ2v) is 7.04. The van der Waals surface area contributed by atoms with Crippen LogP contribution in [0.25, 0.3) is 0 Å². The fourth-order valence-electron chi connectivity index (χ4n) is 1.55. The molecule has 1 fully saturated rings. The van der Waals surface area contributed by atoms with Crippen molar-refractivity contribution in [3.05, 3.63) is 24.4 Å². The zero-order valence-electron chi connectivity index (χ0n) is 8.60. The highest BCUT2D eigenvalue weighted by molar-refractivity contribution is 8.25. The lowest BCUT2D eigenvalue weighted by atomic mass is 10.1. The molecule has 0 radical (unpaired) electrons. The lowest BCUT2D eigenvalue weighted by Crippen LogP contribution is -2.24. The maximum absolute atomic E-state index is 5.51. The summed E-state index contributed by atoms with van der Waals surface area (Å²) in [4.78, 5) is 4.29. The largest absolute Gasteiger partial charge is 0.250 e. The SMILES string of the molecule is CC1(C(=S)Sc2ccccn2)CCCS1. The minimum absolute atomic E-state index is 0.178. The van der Waals surface area contributed by atoms with Gasteiger partial charge in [-0.25, -0.2) is 4.98 Å². The summed E-state index contributed by atoms with van der Waals surface area (Å²) in [5.74, 6) is 1.24. The van der Waals surface area contributed by atoms with E-state index in [1.165, 1.54) is 18.6 Å². The number of aromatic nitrogens is 1. The summed E-state index contributed by atoms with van der Waals surface area (Å²) in [5.41, 5.74) is 0. The normalized spacial score (nSPS) is 25.4. The molecule has 0 amide bonds. The maximum Gasteiger partial charge on any atom is 0.101 e. The van der Waals surface area contributed by atoms with Crippen LogP contribution in [0.5, 0.6) is 0 Å². The summed E-state index contributed by atoms with van der Waals surface area (Å²) in [6.45, 7) is 2.25. The molecule has 1 nitrogen and oxygen atoms in total. The second kappa shape index (κ2) is 4.85. The van der Waals surface area contributed by atoms with Gasteiger partial charge in [-0.05, 0) is 37.7 Å². The average molecular weight is 255 g/mol. The summed E-state index contributed by atoms with van der Waals surface area (Å²) in [7, 11) is 0. The third kappa shape index (κ3) is 2.74. The van der Waals surface area contributed by atoms with Crippen molar-refractivity contribution < 1.29 is 0 Å². The number of hydrogen-bond donors (Lipinski definition) is 0. The second-order valence-electron chi connectivity index (χ2n) is 3.74. The molecule has 0 aliphatic carbocycles. The molecule has 0 aromatic carbocycles. The van der Waals surface area contributed by atoms with Gasteiger partial charge in [-0.3, -0.25) is 0 Å². The Morgan fingerprint density at radius 2 is 2.47 bits per heavy atom. The Morgan fingerprint density at radius 1 is 1.60 bits per heavy atom. The van der Waals surface area contributed by atoms with Gasteiger partial charge < -0.3 is 0 Å². The number of pyridine rings is 1. The fourth-order valence-corrected chi connectivity index (χ4v) is 4.30. The molecule has 0 bridgehead atoms. The highest BCUT2D eigenvalue weighted by atomic mass is 32.2. The van der Waals surface area contributed by atoms with Crippen LogP contribution in [0.2, 0.25) is 0 Å². The van der Waals surface area contributed by atoms with Gasteiger partial charge in [0.15, 0.2) is 0 Å². The van der Waals surface area contributed by atoms with Crippen molar-refractivity contribution in [2.24, 2.45) is 0 Å². The monoisotopic (exact) mass is 255 g/mol. The molecule has 2 rings (SSSR count). The Balaban J connectivity index is 2.04. The van der Waals surface area contributed by atoms with Gasteiger partial charge in [-0.1, -0.05) is 30.0 Å². The lowest BCUT2D eigenvalue weighted by Gasteiger charge is -2.22. The van der Waals surface area contributed by atoms with Crippen LogP contribution in [0.1, 0.15) is 19.8 Å². The van der Waals surface area contributed by atoms with Gasteiger partial charge in [-0.15, -0.1) is 11.8 Å². The quantitative estimate of drug-likeness (QED) is 0.589. The van der Waals surface area contributed by atoms with Crippen molar-refractivity contribution in [1.29, 1.82) is 0 Å². The minimum atomic E-state index is 0.178. The molecule has 1 aliphatic rings. The molecule has 15 heavy (non-hydrogen) atoms. The van der Waals surface area contributed by atoms with Crippen LogP contribution in [0.3, 0.4) is 0 Å². The van der Waals surface area contributed by atoms with Crippen molar-refractivity contribution in [2.45, 2.75) is 29.5 Å². The molecule has 1 aromatic rings. The zero-order chi connectivity index (χ0) is 10.7. The number of rotatable bonds is 2. The topological polar surface area (TPSA) is 12.9 Å². The van der Waals surface area contributed by atoms with Crippen LogP contribution in [0.4, 0.5) is 0 Å². The van der Waals surface area contributed by atoms with E-state index in [4.69, 9.17) is 12.2 Å². The molecule has 80 valence electrons. The van der Waals surface area contributed by atoms with E-state index in [1.807, 2.05) is 36.2 Å². The van der Waals surface area contributed by atoms with Crippen LogP contribution in [-0.4, -0.2) is 19.7 Å². The maximum atomic E-state index is 5.51. The van der Waals surface area contributed by atoms with Crippen LogP contribution >= 0.6 is 35.7 Å². The first-order valence-corrected chi connectivity index (χ1v) is 7.19. The number of hydrogen-bond acceptors (Lipinski definition) is 4. The summed E-state index contributed by atoms with van der Waals surface area (Å²) in [5, 5.41) is 1.01. The molecule has 1 unspecified atom stereocenters. The average Bonchev–Trinajstić information content (AvgIpc) is 2.68. The van der Waals surface area contributed by atoms with Crippen molar-refractivity contribution in [1.82, 2.24) is 4.98 Å². The van der Waals surface area contributed by atoms with Crippen LogP contribution in [0, 0.1) is 0 Å².